The van der Waals surface area contributed by atoms with Crippen molar-refractivity contribution in [3.8, 4) is 0 Å². The molecular weight excluding hydrogens is 323 g/mol. The van der Waals surface area contributed by atoms with Crippen LogP contribution in [-0.4, -0.2) is 27.3 Å². The molecule has 1 aromatic heterocycles. The molecule has 0 saturated heterocycles. The monoisotopic (exact) mass is 330 g/mol. The third kappa shape index (κ3) is 3.98. The molecule has 0 aromatic carbocycles. The average Bonchev–Trinajstić information content (AvgIpc) is 2.58. The summed E-state index contributed by atoms with van der Waals surface area (Å²) in [6.07, 6.45) is 0. The molecule has 1 N–H and O–H groups in total. The summed E-state index contributed by atoms with van der Waals surface area (Å²) >= 11 is 17.1. The second kappa shape index (κ2) is 6.06. The second-order valence-corrected chi connectivity index (χ2v) is 6.39. The van der Waals surface area contributed by atoms with Crippen LogP contribution in [0.15, 0.2) is 0 Å². The van der Waals surface area contributed by atoms with Crippen molar-refractivity contribution >= 4 is 63.1 Å². The third-order valence-corrected chi connectivity index (χ3v) is 3.30. The standard InChI is InChI=1S/C9H9Cl3N2O3S/c1-3-17-6(15)5-4(2)13-8(18-5)14-7(16)9(10,11)12/h3H2,1-2H3,(H,13,14,16). The number of alkyl halides is 3. The number of thiazole rings is 1. The Morgan fingerprint density at radius 3 is 2.56 bits per heavy atom. The number of carbonyl (C=O) groups is 2. The van der Waals surface area contributed by atoms with Gasteiger partial charge in [-0.15, -0.1) is 0 Å². The largest absolute Gasteiger partial charge is 0.462 e. The van der Waals surface area contributed by atoms with Gasteiger partial charge >= 0.3 is 5.97 Å². The van der Waals surface area contributed by atoms with Gasteiger partial charge in [0.2, 0.25) is 0 Å². The Morgan fingerprint density at radius 1 is 1.44 bits per heavy atom. The van der Waals surface area contributed by atoms with Gasteiger partial charge in [0, 0.05) is 0 Å². The van der Waals surface area contributed by atoms with Crippen molar-refractivity contribution in [3.05, 3.63) is 10.6 Å². The van der Waals surface area contributed by atoms with Gasteiger partial charge in [-0.05, 0) is 13.8 Å². The number of hydrogen-bond acceptors (Lipinski definition) is 5. The highest BCUT2D eigenvalue weighted by Crippen LogP contribution is 2.29. The van der Waals surface area contributed by atoms with E-state index in [9.17, 15) is 9.59 Å². The van der Waals surface area contributed by atoms with E-state index in [2.05, 4.69) is 10.3 Å². The van der Waals surface area contributed by atoms with Crippen molar-refractivity contribution in [3.63, 3.8) is 0 Å². The summed E-state index contributed by atoms with van der Waals surface area (Å²) in [6.45, 7) is 3.57. The predicted octanol–water partition coefficient (Wildman–Crippen LogP) is 2.94. The highest BCUT2D eigenvalue weighted by atomic mass is 35.6. The van der Waals surface area contributed by atoms with E-state index in [-0.39, 0.29) is 11.7 Å². The van der Waals surface area contributed by atoms with Gasteiger partial charge in [-0.3, -0.25) is 10.1 Å². The molecule has 1 amide bonds. The number of ether oxygens (including phenoxy) is 1. The number of carbonyl (C=O) groups excluding carboxylic acids is 2. The molecule has 1 rings (SSSR count). The number of aromatic nitrogens is 1. The number of rotatable bonds is 3. The number of amides is 1. The summed E-state index contributed by atoms with van der Waals surface area (Å²) in [5.74, 6) is -1.33. The molecular formula is C9H9Cl3N2O3S. The van der Waals surface area contributed by atoms with Crippen LogP contribution in [0.4, 0.5) is 5.13 Å². The number of esters is 1. The van der Waals surface area contributed by atoms with Gasteiger partial charge in [0.1, 0.15) is 4.88 Å². The summed E-state index contributed by atoms with van der Waals surface area (Å²) in [4.78, 5) is 27.2. The lowest BCUT2D eigenvalue weighted by molar-refractivity contribution is -0.115. The van der Waals surface area contributed by atoms with E-state index in [0.29, 0.717) is 10.6 Å². The molecule has 0 aliphatic heterocycles. The van der Waals surface area contributed by atoms with Crippen molar-refractivity contribution in [2.75, 3.05) is 11.9 Å². The highest BCUT2D eigenvalue weighted by molar-refractivity contribution is 7.17. The number of hydrogen-bond donors (Lipinski definition) is 1. The van der Waals surface area contributed by atoms with Crippen LogP contribution in [0.25, 0.3) is 0 Å². The van der Waals surface area contributed by atoms with E-state index in [1.54, 1.807) is 13.8 Å². The van der Waals surface area contributed by atoms with E-state index in [1.807, 2.05) is 0 Å². The minimum atomic E-state index is -2.08. The lowest BCUT2D eigenvalue weighted by atomic mass is 10.4. The normalized spacial score (nSPS) is 11.2. The van der Waals surface area contributed by atoms with Crippen molar-refractivity contribution in [2.45, 2.75) is 17.6 Å². The predicted molar refractivity (Wildman–Crippen MR) is 71.7 cm³/mol. The van der Waals surface area contributed by atoms with Gasteiger partial charge in [-0.1, -0.05) is 46.1 Å². The minimum absolute atomic E-state index is 0.173. The molecule has 0 bridgehead atoms. The first-order chi connectivity index (χ1) is 8.25. The van der Waals surface area contributed by atoms with Gasteiger partial charge in [0.05, 0.1) is 12.3 Å². The van der Waals surface area contributed by atoms with Gasteiger partial charge in [0.15, 0.2) is 5.13 Å². The van der Waals surface area contributed by atoms with Crippen molar-refractivity contribution < 1.29 is 14.3 Å². The van der Waals surface area contributed by atoms with Crippen LogP contribution >= 0.6 is 46.1 Å². The number of anilines is 1. The summed E-state index contributed by atoms with van der Waals surface area (Å²) in [5, 5.41) is 2.48. The second-order valence-electron chi connectivity index (χ2n) is 3.11. The Kier molecular flexibility index (Phi) is 5.21. The molecule has 0 unspecified atom stereocenters. The molecule has 0 spiro atoms. The fraction of sp³-hybridized carbons (Fsp3) is 0.444. The maximum absolute atomic E-state index is 11.5. The first-order valence-electron chi connectivity index (χ1n) is 4.78. The molecule has 0 aliphatic carbocycles. The lowest BCUT2D eigenvalue weighted by Gasteiger charge is -2.08. The van der Waals surface area contributed by atoms with E-state index in [1.165, 1.54) is 0 Å². The van der Waals surface area contributed by atoms with E-state index < -0.39 is 15.7 Å². The molecule has 5 nitrogen and oxygen atoms in total. The van der Waals surface area contributed by atoms with Crippen molar-refractivity contribution in [1.29, 1.82) is 0 Å². The van der Waals surface area contributed by atoms with Crippen molar-refractivity contribution in [1.82, 2.24) is 4.98 Å². The smallest absolute Gasteiger partial charge is 0.350 e. The van der Waals surface area contributed by atoms with Gasteiger partial charge in [0.25, 0.3) is 9.70 Å². The van der Waals surface area contributed by atoms with E-state index in [0.717, 1.165) is 11.3 Å². The Bertz CT molecular complexity index is 470. The van der Waals surface area contributed by atoms with Crippen LogP contribution in [0, 0.1) is 6.92 Å². The molecule has 9 heteroatoms. The van der Waals surface area contributed by atoms with Crippen LogP contribution in [0.1, 0.15) is 22.3 Å². The Morgan fingerprint density at radius 2 is 2.06 bits per heavy atom. The molecule has 1 heterocycles. The zero-order chi connectivity index (χ0) is 13.9. The van der Waals surface area contributed by atoms with Crippen LogP contribution < -0.4 is 5.32 Å². The zero-order valence-electron chi connectivity index (χ0n) is 9.42. The minimum Gasteiger partial charge on any atom is -0.462 e. The van der Waals surface area contributed by atoms with Crippen LogP contribution in [0.5, 0.6) is 0 Å². The molecule has 1 aromatic rings. The van der Waals surface area contributed by atoms with Gasteiger partial charge in [-0.25, -0.2) is 9.78 Å². The first kappa shape index (κ1) is 15.5. The summed E-state index contributed by atoms with van der Waals surface area (Å²) in [6, 6.07) is 0. The molecule has 0 fully saturated rings. The summed E-state index contributed by atoms with van der Waals surface area (Å²) in [7, 11) is 0. The molecule has 0 radical (unpaired) electrons. The lowest BCUT2D eigenvalue weighted by Crippen LogP contribution is -2.26. The number of nitrogens with zero attached hydrogens (tertiary/aromatic N) is 1. The average molecular weight is 332 g/mol. The van der Waals surface area contributed by atoms with E-state index >= 15 is 0 Å². The van der Waals surface area contributed by atoms with Crippen LogP contribution in [0.2, 0.25) is 0 Å². The quantitative estimate of drug-likeness (QED) is 0.683. The fourth-order valence-corrected chi connectivity index (χ4v) is 2.00. The molecule has 0 aliphatic rings. The topological polar surface area (TPSA) is 68.3 Å². The fourth-order valence-electron chi connectivity index (χ4n) is 1.00. The third-order valence-electron chi connectivity index (χ3n) is 1.74. The Hall–Kier alpha value is -0.560. The molecule has 100 valence electrons. The number of halogens is 3. The first-order valence-corrected chi connectivity index (χ1v) is 6.73. The SMILES string of the molecule is CCOC(=O)c1sc(NC(=O)C(Cl)(Cl)Cl)nc1C. The van der Waals surface area contributed by atoms with Crippen molar-refractivity contribution in [2.24, 2.45) is 0 Å². The Labute approximate surface area is 122 Å². The Balaban J connectivity index is 2.85. The molecule has 0 atom stereocenters. The van der Waals surface area contributed by atoms with Crippen LogP contribution in [0.3, 0.4) is 0 Å². The van der Waals surface area contributed by atoms with E-state index in [4.69, 9.17) is 39.5 Å². The van der Waals surface area contributed by atoms with Gasteiger partial charge < -0.3 is 4.74 Å². The summed E-state index contributed by atoms with van der Waals surface area (Å²) in [5.41, 5.74) is 0.443. The molecule has 0 saturated carbocycles. The van der Waals surface area contributed by atoms with Crippen LogP contribution in [-0.2, 0) is 9.53 Å². The maximum Gasteiger partial charge on any atom is 0.350 e. The zero-order valence-corrected chi connectivity index (χ0v) is 12.5. The number of aryl methyl sites for hydroxylation is 1. The summed E-state index contributed by atoms with van der Waals surface area (Å²) < 4.78 is 2.76. The molecule has 18 heavy (non-hydrogen) atoms. The maximum atomic E-state index is 11.5. The van der Waals surface area contributed by atoms with Gasteiger partial charge in [-0.2, -0.15) is 0 Å². The number of nitrogens with one attached hydrogen (secondary N) is 1. The highest BCUT2D eigenvalue weighted by Gasteiger charge is 2.31.